The maximum Gasteiger partial charge on any atom is 0.291 e. The second kappa shape index (κ2) is 6.67. The van der Waals surface area contributed by atoms with Crippen LogP contribution in [0, 0.1) is 0 Å². The lowest BCUT2D eigenvalue weighted by atomic mass is 10.0. The Morgan fingerprint density at radius 1 is 1.12 bits per heavy atom. The first-order valence-electron chi connectivity index (χ1n) is 8.88. The van der Waals surface area contributed by atoms with E-state index in [0.717, 1.165) is 62.2 Å². The maximum absolute atomic E-state index is 12.5. The molecule has 2 aliphatic rings. The van der Waals surface area contributed by atoms with Crippen molar-refractivity contribution in [2.24, 2.45) is 0 Å². The number of hydrogen-bond donors (Lipinski definition) is 1. The molecule has 1 N–H and O–H groups in total. The topological polar surface area (TPSA) is 58.2 Å². The van der Waals surface area contributed by atoms with Gasteiger partial charge in [0.2, 0.25) is 0 Å². The van der Waals surface area contributed by atoms with Gasteiger partial charge in [-0.1, -0.05) is 18.2 Å². The number of ether oxygens (including phenoxy) is 1. The van der Waals surface area contributed by atoms with Crippen LogP contribution in [0.5, 0.6) is 5.75 Å². The van der Waals surface area contributed by atoms with Crippen molar-refractivity contribution in [3.63, 3.8) is 0 Å². The first-order valence-corrected chi connectivity index (χ1v) is 8.88. The summed E-state index contributed by atoms with van der Waals surface area (Å²) in [6, 6.07) is 9.89. The molecule has 1 aliphatic carbocycles. The fraction of sp³-hybridized carbons (Fsp3) is 0.474. The molecule has 2 aromatic rings. The van der Waals surface area contributed by atoms with Gasteiger partial charge in [0.15, 0.2) is 5.82 Å². The number of para-hydroxylation sites is 1. The van der Waals surface area contributed by atoms with Crippen molar-refractivity contribution in [3.05, 3.63) is 52.1 Å². The molecule has 1 fully saturated rings. The van der Waals surface area contributed by atoms with E-state index in [9.17, 15) is 4.79 Å². The van der Waals surface area contributed by atoms with Gasteiger partial charge in [0.1, 0.15) is 11.9 Å². The molecule has 1 aromatic carbocycles. The number of nitrogens with one attached hydrogen (secondary N) is 1. The van der Waals surface area contributed by atoms with E-state index in [0.29, 0.717) is 12.4 Å². The second-order valence-electron chi connectivity index (χ2n) is 6.66. The van der Waals surface area contributed by atoms with Crippen molar-refractivity contribution in [1.29, 1.82) is 0 Å². The molecule has 0 radical (unpaired) electrons. The van der Waals surface area contributed by atoms with Gasteiger partial charge in [-0.05, 0) is 50.7 Å². The molecule has 5 heteroatoms. The van der Waals surface area contributed by atoms with Crippen LogP contribution in [0.2, 0.25) is 0 Å². The number of benzene rings is 1. The van der Waals surface area contributed by atoms with Crippen molar-refractivity contribution in [2.75, 3.05) is 18.0 Å². The molecule has 1 saturated heterocycles. The minimum Gasteiger partial charge on any atom is -0.489 e. The number of piperidine rings is 1. The molecule has 0 bridgehead atoms. The molecule has 126 valence electrons. The van der Waals surface area contributed by atoms with E-state index in [-0.39, 0.29) is 11.7 Å². The highest BCUT2D eigenvalue weighted by molar-refractivity contribution is 5.39. The van der Waals surface area contributed by atoms with Crippen LogP contribution in [-0.4, -0.2) is 29.2 Å². The Kier molecular flexibility index (Phi) is 4.24. The van der Waals surface area contributed by atoms with Crippen LogP contribution in [0.4, 0.5) is 5.82 Å². The average Bonchev–Trinajstić information content (AvgIpc) is 2.62. The Morgan fingerprint density at radius 2 is 1.96 bits per heavy atom. The molecule has 1 atom stereocenters. The fourth-order valence-corrected chi connectivity index (χ4v) is 3.65. The summed E-state index contributed by atoms with van der Waals surface area (Å²) in [5.74, 6) is 1.45. The maximum atomic E-state index is 12.5. The number of rotatable bonds is 3. The normalized spacial score (nSPS) is 20.5. The summed E-state index contributed by atoms with van der Waals surface area (Å²) in [5, 5.41) is 0. The summed E-state index contributed by atoms with van der Waals surface area (Å²) in [7, 11) is 0. The highest BCUT2D eigenvalue weighted by atomic mass is 16.5. The minimum absolute atomic E-state index is 0.0592. The highest BCUT2D eigenvalue weighted by Gasteiger charge is 2.25. The smallest absolute Gasteiger partial charge is 0.291 e. The third-order valence-electron chi connectivity index (χ3n) is 4.87. The van der Waals surface area contributed by atoms with Gasteiger partial charge in [-0.3, -0.25) is 4.79 Å². The van der Waals surface area contributed by atoms with Gasteiger partial charge in [0, 0.05) is 12.2 Å². The van der Waals surface area contributed by atoms with Gasteiger partial charge in [0.25, 0.3) is 5.56 Å². The van der Waals surface area contributed by atoms with Gasteiger partial charge < -0.3 is 14.6 Å². The summed E-state index contributed by atoms with van der Waals surface area (Å²) >= 11 is 0. The van der Waals surface area contributed by atoms with Crippen LogP contribution in [0.1, 0.15) is 37.1 Å². The number of aromatic nitrogens is 2. The summed E-state index contributed by atoms with van der Waals surface area (Å²) in [6.07, 6.45) is 6.32. The van der Waals surface area contributed by atoms with E-state index >= 15 is 0 Å². The SMILES string of the molecule is O=c1[nH]c2c(nc1N1CCC[C@H](Oc3ccccc3)C1)CCCC2. The zero-order chi connectivity index (χ0) is 16.4. The third-order valence-corrected chi connectivity index (χ3v) is 4.87. The average molecular weight is 325 g/mol. The molecule has 24 heavy (non-hydrogen) atoms. The van der Waals surface area contributed by atoms with E-state index in [1.54, 1.807) is 0 Å². The lowest BCUT2D eigenvalue weighted by Crippen LogP contribution is -2.44. The van der Waals surface area contributed by atoms with Crippen LogP contribution in [0.15, 0.2) is 35.1 Å². The van der Waals surface area contributed by atoms with Gasteiger partial charge in [-0.15, -0.1) is 0 Å². The van der Waals surface area contributed by atoms with E-state index in [1.807, 2.05) is 30.3 Å². The quantitative estimate of drug-likeness (QED) is 0.942. The highest BCUT2D eigenvalue weighted by Crippen LogP contribution is 2.22. The lowest BCUT2D eigenvalue weighted by Gasteiger charge is -2.33. The molecule has 4 rings (SSSR count). The van der Waals surface area contributed by atoms with Crippen molar-refractivity contribution >= 4 is 5.82 Å². The number of hydrogen-bond acceptors (Lipinski definition) is 4. The van der Waals surface area contributed by atoms with Crippen LogP contribution in [-0.2, 0) is 12.8 Å². The monoisotopic (exact) mass is 325 g/mol. The Morgan fingerprint density at radius 3 is 2.83 bits per heavy atom. The summed E-state index contributed by atoms with van der Waals surface area (Å²) in [6.45, 7) is 1.58. The predicted octanol–water partition coefficient (Wildman–Crippen LogP) is 2.70. The van der Waals surface area contributed by atoms with Gasteiger partial charge >= 0.3 is 0 Å². The summed E-state index contributed by atoms with van der Waals surface area (Å²) < 4.78 is 6.08. The molecule has 0 unspecified atom stereocenters. The minimum atomic E-state index is -0.0592. The zero-order valence-electron chi connectivity index (χ0n) is 13.8. The molecule has 5 nitrogen and oxygen atoms in total. The predicted molar refractivity (Wildman–Crippen MR) is 93.8 cm³/mol. The molecular weight excluding hydrogens is 302 g/mol. The number of aromatic amines is 1. The Balaban J connectivity index is 1.53. The van der Waals surface area contributed by atoms with E-state index in [2.05, 4.69) is 9.88 Å². The van der Waals surface area contributed by atoms with Crippen molar-refractivity contribution in [1.82, 2.24) is 9.97 Å². The Bertz CT molecular complexity index is 757. The third kappa shape index (κ3) is 3.16. The molecule has 1 aliphatic heterocycles. The van der Waals surface area contributed by atoms with E-state index in [4.69, 9.17) is 9.72 Å². The molecule has 0 spiro atoms. The van der Waals surface area contributed by atoms with Crippen LogP contribution in [0.25, 0.3) is 0 Å². The van der Waals surface area contributed by atoms with E-state index < -0.39 is 0 Å². The second-order valence-corrected chi connectivity index (χ2v) is 6.66. The molecule has 2 heterocycles. The van der Waals surface area contributed by atoms with Crippen LogP contribution >= 0.6 is 0 Å². The molecule has 1 aromatic heterocycles. The summed E-state index contributed by atoms with van der Waals surface area (Å²) in [5.41, 5.74) is 2.04. The van der Waals surface area contributed by atoms with Gasteiger partial charge in [-0.25, -0.2) is 4.98 Å². The standard InChI is InChI=1S/C19H23N3O2/c23-19-18(20-16-10-4-5-11-17(16)21-19)22-12-6-9-15(13-22)24-14-7-2-1-3-8-14/h1-3,7-8,15H,4-6,9-13H2,(H,21,23)/t15-/m0/s1. The van der Waals surface area contributed by atoms with Crippen LogP contribution < -0.4 is 15.2 Å². The summed E-state index contributed by atoms with van der Waals surface area (Å²) in [4.78, 5) is 22.3. The first-order chi connectivity index (χ1) is 11.8. The van der Waals surface area contributed by atoms with E-state index in [1.165, 1.54) is 0 Å². The van der Waals surface area contributed by atoms with Crippen molar-refractivity contribution < 1.29 is 4.74 Å². The number of aryl methyl sites for hydroxylation is 2. The largest absolute Gasteiger partial charge is 0.489 e. The van der Waals surface area contributed by atoms with Gasteiger partial charge in [-0.2, -0.15) is 0 Å². The van der Waals surface area contributed by atoms with Crippen LogP contribution in [0.3, 0.4) is 0 Å². The first kappa shape index (κ1) is 15.2. The fourth-order valence-electron chi connectivity index (χ4n) is 3.65. The van der Waals surface area contributed by atoms with Crippen molar-refractivity contribution in [3.8, 4) is 5.75 Å². The number of H-pyrrole nitrogens is 1. The number of fused-ring (bicyclic) bond motifs is 1. The molecular formula is C19H23N3O2. The zero-order valence-corrected chi connectivity index (χ0v) is 13.8. The number of nitrogens with zero attached hydrogens (tertiary/aromatic N) is 2. The molecule has 0 amide bonds. The van der Waals surface area contributed by atoms with Crippen molar-refractivity contribution in [2.45, 2.75) is 44.6 Å². The van der Waals surface area contributed by atoms with Gasteiger partial charge in [0.05, 0.1) is 12.2 Å². The lowest BCUT2D eigenvalue weighted by molar-refractivity contribution is 0.179. The molecule has 0 saturated carbocycles. The Hall–Kier alpha value is -2.30. The Labute approximate surface area is 141 Å². The number of anilines is 1.